The van der Waals surface area contributed by atoms with E-state index in [2.05, 4.69) is 9.88 Å². The highest BCUT2D eigenvalue weighted by atomic mass is 16.3. The zero-order valence-electron chi connectivity index (χ0n) is 17.3. The van der Waals surface area contributed by atoms with E-state index in [1.54, 1.807) is 17.0 Å². The molecule has 4 rings (SSSR count). The summed E-state index contributed by atoms with van der Waals surface area (Å²) >= 11 is 0. The minimum Gasteiger partial charge on any atom is -0.503 e. The van der Waals surface area contributed by atoms with Gasteiger partial charge in [-0.3, -0.25) is 4.79 Å². The zero-order chi connectivity index (χ0) is 21.5. The molecule has 0 unspecified atom stereocenters. The average Bonchev–Trinajstić information content (AvgIpc) is 3.33. The zero-order valence-corrected chi connectivity index (χ0v) is 17.3. The van der Waals surface area contributed by atoms with Crippen molar-refractivity contribution in [3.05, 3.63) is 113 Å². The van der Waals surface area contributed by atoms with Crippen LogP contribution in [0.2, 0.25) is 0 Å². The van der Waals surface area contributed by atoms with Crippen LogP contribution in [0.5, 0.6) is 5.75 Å². The van der Waals surface area contributed by atoms with E-state index >= 15 is 0 Å². The van der Waals surface area contributed by atoms with Crippen molar-refractivity contribution in [1.82, 2.24) is 14.1 Å². The number of hydrogen-bond donors (Lipinski definition) is 1. The number of imidazole rings is 1. The highest BCUT2D eigenvalue weighted by Gasteiger charge is 2.14. The molecule has 0 saturated carbocycles. The van der Waals surface area contributed by atoms with E-state index in [0.717, 1.165) is 30.8 Å². The van der Waals surface area contributed by atoms with E-state index in [4.69, 9.17) is 0 Å². The molecule has 0 bridgehead atoms. The van der Waals surface area contributed by atoms with Crippen molar-refractivity contribution < 1.29 is 5.11 Å². The first-order valence-electron chi connectivity index (χ1n) is 10.4. The fourth-order valence-electron chi connectivity index (χ4n) is 3.64. The Labute approximate surface area is 181 Å². The minimum absolute atomic E-state index is 0.186. The van der Waals surface area contributed by atoms with Gasteiger partial charge in [0, 0.05) is 49.5 Å². The van der Waals surface area contributed by atoms with E-state index < -0.39 is 0 Å². The van der Waals surface area contributed by atoms with Gasteiger partial charge in [0.15, 0.2) is 5.75 Å². The van der Waals surface area contributed by atoms with Crippen molar-refractivity contribution >= 4 is 5.69 Å². The molecule has 0 saturated heterocycles. The van der Waals surface area contributed by atoms with Gasteiger partial charge in [0.1, 0.15) is 0 Å². The molecule has 2 aromatic heterocycles. The Kier molecular flexibility index (Phi) is 6.47. The first-order chi connectivity index (χ1) is 15.2. The Hall–Kier alpha value is -3.80. The molecule has 4 aromatic rings. The summed E-state index contributed by atoms with van der Waals surface area (Å²) in [5, 5.41) is 10.7. The van der Waals surface area contributed by atoms with Crippen LogP contribution in [0.3, 0.4) is 0 Å². The minimum atomic E-state index is -0.368. The van der Waals surface area contributed by atoms with Gasteiger partial charge in [0.05, 0.1) is 12.9 Å². The number of anilines is 1. The smallest absolute Gasteiger partial charge is 0.293 e. The Bertz CT molecular complexity index is 1140. The molecule has 1 N–H and O–H groups in total. The lowest BCUT2D eigenvalue weighted by molar-refractivity contribution is 0.450. The third-order valence-electron chi connectivity index (χ3n) is 5.31. The van der Waals surface area contributed by atoms with E-state index in [0.29, 0.717) is 18.7 Å². The van der Waals surface area contributed by atoms with Gasteiger partial charge < -0.3 is 19.1 Å². The lowest BCUT2D eigenvalue weighted by Crippen LogP contribution is -2.27. The van der Waals surface area contributed by atoms with E-state index in [-0.39, 0.29) is 11.3 Å². The fraction of sp³-hybridized carbons (Fsp3) is 0.200. The lowest BCUT2D eigenvalue weighted by atomic mass is 10.1. The maximum atomic E-state index is 12.8. The number of hydrogen-bond acceptors (Lipinski definition) is 4. The second-order valence-corrected chi connectivity index (χ2v) is 7.52. The molecule has 0 aliphatic carbocycles. The number of aromatic hydroxyl groups is 1. The normalized spacial score (nSPS) is 10.8. The summed E-state index contributed by atoms with van der Waals surface area (Å²) in [6.07, 6.45) is 8.21. The van der Waals surface area contributed by atoms with Crippen molar-refractivity contribution in [2.75, 3.05) is 11.4 Å². The van der Waals surface area contributed by atoms with Crippen molar-refractivity contribution in [2.24, 2.45) is 0 Å². The van der Waals surface area contributed by atoms with Gasteiger partial charge in [-0.1, -0.05) is 48.5 Å². The van der Waals surface area contributed by atoms with Gasteiger partial charge >= 0.3 is 0 Å². The number of rotatable bonds is 9. The summed E-state index contributed by atoms with van der Waals surface area (Å²) in [5.41, 5.74) is 2.33. The van der Waals surface area contributed by atoms with E-state index in [9.17, 15) is 9.90 Å². The molecular formula is C25H26N4O2. The number of benzene rings is 2. The van der Waals surface area contributed by atoms with Gasteiger partial charge in [-0.15, -0.1) is 0 Å². The van der Waals surface area contributed by atoms with Crippen molar-refractivity contribution in [3.8, 4) is 5.75 Å². The second kappa shape index (κ2) is 9.80. The van der Waals surface area contributed by atoms with Crippen LogP contribution in [0.25, 0.3) is 0 Å². The third kappa shape index (κ3) is 5.22. The van der Waals surface area contributed by atoms with Gasteiger partial charge in [0.25, 0.3) is 5.56 Å². The summed E-state index contributed by atoms with van der Waals surface area (Å²) in [5.74, 6) is -0.186. The molecule has 0 aliphatic heterocycles. The number of aryl methyl sites for hydroxylation is 1. The van der Waals surface area contributed by atoms with Crippen molar-refractivity contribution in [3.63, 3.8) is 0 Å². The Morgan fingerprint density at radius 3 is 2.39 bits per heavy atom. The molecule has 2 aromatic carbocycles. The standard InChI is InChI=1S/C25H26N4O2/c30-24-22(12-16-29(25(24)31)18-21-8-3-1-4-9-21)19-28(23-10-5-2-6-11-23)15-7-14-27-17-13-26-20-27/h1-6,8-13,16-17,20,30H,7,14-15,18-19H2. The number of para-hydroxylation sites is 1. The average molecular weight is 415 g/mol. The number of pyridine rings is 1. The Morgan fingerprint density at radius 2 is 1.68 bits per heavy atom. The van der Waals surface area contributed by atoms with Gasteiger partial charge in [-0.05, 0) is 30.2 Å². The molecule has 6 heteroatoms. The molecule has 0 fully saturated rings. The summed E-state index contributed by atoms with van der Waals surface area (Å²) < 4.78 is 3.59. The largest absolute Gasteiger partial charge is 0.503 e. The Morgan fingerprint density at radius 1 is 0.935 bits per heavy atom. The topological polar surface area (TPSA) is 63.3 Å². The summed E-state index contributed by atoms with van der Waals surface area (Å²) in [6.45, 7) is 2.53. The van der Waals surface area contributed by atoms with Gasteiger partial charge in [-0.25, -0.2) is 4.98 Å². The van der Waals surface area contributed by atoms with Crippen LogP contribution in [0.4, 0.5) is 5.69 Å². The van der Waals surface area contributed by atoms with Crippen molar-refractivity contribution in [2.45, 2.75) is 26.1 Å². The molecular weight excluding hydrogens is 388 g/mol. The second-order valence-electron chi connectivity index (χ2n) is 7.52. The molecule has 6 nitrogen and oxygen atoms in total. The van der Waals surface area contributed by atoms with Crippen LogP contribution in [0.1, 0.15) is 17.5 Å². The van der Waals surface area contributed by atoms with Crippen LogP contribution < -0.4 is 10.5 Å². The maximum absolute atomic E-state index is 12.8. The first kappa shape index (κ1) is 20.5. The molecule has 0 spiro atoms. The van der Waals surface area contributed by atoms with Crippen LogP contribution in [-0.4, -0.2) is 25.8 Å². The third-order valence-corrected chi connectivity index (χ3v) is 5.31. The molecule has 0 radical (unpaired) electrons. The maximum Gasteiger partial charge on any atom is 0.293 e. The highest BCUT2D eigenvalue weighted by molar-refractivity contribution is 5.47. The highest BCUT2D eigenvalue weighted by Crippen LogP contribution is 2.21. The molecule has 158 valence electrons. The number of nitrogens with zero attached hydrogens (tertiary/aromatic N) is 4. The fourth-order valence-corrected chi connectivity index (χ4v) is 3.64. The predicted octanol–water partition coefficient (Wildman–Crippen LogP) is 3.90. The summed E-state index contributed by atoms with van der Waals surface area (Å²) in [6, 6.07) is 21.7. The van der Waals surface area contributed by atoms with Crippen LogP contribution in [0.15, 0.2) is 96.4 Å². The van der Waals surface area contributed by atoms with E-state index in [1.807, 2.05) is 83.8 Å². The van der Waals surface area contributed by atoms with Crippen LogP contribution in [0, 0.1) is 0 Å². The molecule has 0 aliphatic rings. The quantitative estimate of drug-likeness (QED) is 0.451. The Balaban J connectivity index is 1.51. The first-order valence-corrected chi connectivity index (χ1v) is 10.4. The summed E-state index contributed by atoms with van der Waals surface area (Å²) in [7, 11) is 0. The van der Waals surface area contributed by atoms with Crippen molar-refractivity contribution in [1.29, 1.82) is 0 Å². The monoisotopic (exact) mass is 414 g/mol. The predicted molar refractivity (Wildman–Crippen MR) is 122 cm³/mol. The van der Waals surface area contributed by atoms with E-state index in [1.165, 1.54) is 0 Å². The lowest BCUT2D eigenvalue weighted by Gasteiger charge is -2.25. The summed E-state index contributed by atoms with van der Waals surface area (Å²) in [4.78, 5) is 19.0. The molecule has 31 heavy (non-hydrogen) atoms. The SMILES string of the molecule is O=c1c(O)c(CN(CCCn2ccnc2)c2ccccc2)ccn1Cc1ccccc1. The molecule has 2 heterocycles. The van der Waals surface area contributed by atoms with Crippen LogP contribution >= 0.6 is 0 Å². The van der Waals surface area contributed by atoms with Crippen LogP contribution in [-0.2, 0) is 19.6 Å². The number of aromatic nitrogens is 3. The van der Waals surface area contributed by atoms with Gasteiger partial charge in [0.2, 0.25) is 0 Å². The molecule has 0 atom stereocenters. The van der Waals surface area contributed by atoms with Gasteiger partial charge in [-0.2, -0.15) is 0 Å². The molecule has 0 amide bonds.